The average molecular weight is 449 g/mol. The lowest BCUT2D eigenvalue weighted by atomic mass is 9.92. The van der Waals surface area contributed by atoms with Crippen molar-refractivity contribution in [2.24, 2.45) is 0 Å². The lowest BCUT2D eigenvalue weighted by molar-refractivity contribution is 0.0970. The number of aryl methyl sites for hydroxylation is 2. The van der Waals surface area contributed by atoms with E-state index >= 15 is 0 Å². The molecule has 1 heterocycles. The minimum absolute atomic E-state index is 0.0160. The molecule has 1 aliphatic heterocycles. The summed E-state index contributed by atoms with van der Waals surface area (Å²) in [6, 6.07) is 16.8. The SMILES string of the molecule is CC(=O)c1ccc(C2CC(=O)c3cc(S(=O)(=O)Nc4ccc(C)c(C)c4)ccc3N2)cc1. The van der Waals surface area contributed by atoms with Gasteiger partial charge in [0.2, 0.25) is 0 Å². The number of Topliss-reactive ketones (excluding diaryl/α,β-unsaturated/α-hetero) is 2. The van der Waals surface area contributed by atoms with Gasteiger partial charge in [-0.15, -0.1) is 0 Å². The van der Waals surface area contributed by atoms with E-state index in [-0.39, 0.29) is 28.9 Å². The van der Waals surface area contributed by atoms with Crippen molar-refractivity contribution in [3.8, 4) is 0 Å². The Kier molecular flexibility index (Phi) is 5.60. The van der Waals surface area contributed by atoms with Crippen molar-refractivity contribution >= 4 is 33.0 Å². The fourth-order valence-electron chi connectivity index (χ4n) is 3.75. The van der Waals surface area contributed by atoms with Crippen molar-refractivity contribution in [1.82, 2.24) is 0 Å². The summed E-state index contributed by atoms with van der Waals surface area (Å²) in [6.45, 7) is 5.38. The van der Waals surface area contributed by atoms with E-state index in [1.54, 1.807) is 30.3 Å². The van der Waals surface area contributed by atoms with Crippen LogP contribution in [0.3, 0.4) is 0 Å². The quantitative estimate of drug-likeness (QED) is 0.533. The maximum atomic E-state index is 12.9. The molecule has 3 aromatic rings. The van der Waals surface area contributed by atoms with E-state index in [4.69, 9.17) is 0 Å². The summed E-state index contributed by atoms with van der Waals surface area (Å²) in [5.41, 5.74) is 4.98. The van der Waals surface area contributed by atoms with E-state index in [1.807, 2.05) is 32.0 Å². The molecular weight excluding hydrogens is 424 g/mol. The summed E-state index contributed by atoms with van der Waals surface area (Å²) in [6.07, 6.45) is 0.195. The predicted molar refractivity (Wildman–Crippen MR) is 125 cm³/mol. The second-order valence-corrected chi connectivity index (χ2v) is 9.80. The van der Waals surface area contributed by atoms with E-state index in [0.29, 0.717) is 22.5 Å². The van der Waals surface area contributed by atoms with Gasteiger partial charge in [0.25, 0.3) is 10.0 Å². The van der Waals surface area contributed by atoms with Crippen molar-refractivity contribution in [2.75, 3.05) is 10.0 Å². The average Bonchev–Trinajstić information content (AvgIpc) is 2.76. The fraction of sp³-hybridized carbons (Fsp3) is 0.200. The molecule has 32 heavy (non-hydrogen) atoms. The van der Waals surface area contributed by atoms with Crippen LogP contribution in [0.1, 0.15) is 56.8 Å². The monoisotopic (exact) mass is 448 g/mol. The van der Waals surface area contributed by atoms with Crippen LogP contribution in [0.5, 0.6) is 0 Å². The van der Waals surface area contributed by atoms with Crippen LogP contribution in [-0.4, -0.2) is 20.0 Å². The number of carbonyl (C=O) groups is 2. The van der Waals surface area contributed by atoms with Crippen LogP contribution in [-0.2, 0) is 10.0 Å². The molecule has 2 N–H and O–H groups in total. The van der Waals surface area contributed by atoms with Gasteiger partial charge in [-0.25, -0.2) is 8.42 Å². The molecule has 1 aliphatic rings. The zero-order chi connectivity index (χ0) is 23.0. The molecule has 1 unspecified atom stereocenters. The number of anilines is 2. The minimum atomic E-state index is -3.84. The molecule has 0 aliphatic carbocycles. The summed E-state index contributed by atoms with van der Waals surface area (Å²) in [4.78, 5) is 24.4. The smallest absolute Gasteiger partial charge is 0.261 e. The molecule has 0 spiro atoms. The van der Waals surface area contributed by atoms with Gasteiger partial charge in [0, 0.05) is 28.9 Å². The Hall–Kier alpha value is -3.45. The first-order valence-corrected chi connectivity index (χ1v) is 11.8. The van der Waals surface area contributed by atoms with E-state index in [2.05, 4.69) is 10.0 Å². The highest BCUT2D eigenvalue weighted by Gasteiger charge is 2.27. The Morgan fingerprint density at radius 1 is 0.969 bits per heavy atom. The number of rotatable bonds is 5. The molecule has 0 saturated carbocycles. The molecule has 0 amide bonds. The molecule has 0 radical (unpaired) electrons. The number of benzene rings is 3. The number of hydrogen-bond acceptors (Lipinski definition) is 5. The molecule has 4 rings (SSSR count). The van der Waals surface area contributed by atoms with Crippen LogP contribution >= 0.6 is 0 Å². The minimum Gasteiger partial charge on any atom is -0.377 e. The molecule has 0 aromatic heterocycles. The lowest BCUT2D eigenvalue weighted by Gasteiger charge is -2.27. The van der Waals surface area contributed by atoms with Crippen molar-refractivity contribution in [3.63, 3.8) is 0 Å². The second-order valence-electron chi connectivity index (χ2n) is 8.11. The summed E-state index contributed by atoms with van der Waals surface area (Å²) >= 11 is 0. The Balaban J connectivity index is 1.58. The summed E-state index contributed by atoms with van der Waals surface area (Å²) in [5.74, 6) is -0.152. The van der Waals surface area contributed by atoms with Crippen molar-refractivity contribution in [1.29, 1.82) is 0 Å². The number of ketones is 2. The van der Waals surface area contributed by atoms with Crippen LogP contribution in [0.4, 0.5) is 11.4 Å². The standard InChI is InChI=1S/C25H24N2O4S/c1-15-4-9-20(12-16(15)2)27-32(30,31)21-10-11-23-22(13-21)25(29)14-24(26-23)19-7-5-18(6-8-19)17(3)28/h4-13,24,26-27H,14H2,1-3H3. The summed E-state index contributed by atoms with van der Waals surface area (Å²) in [7, 11) is -3.84. The molecule has 6 nitrogen and oxygen atoms in total. The third-order valence-electron chi connectivity index (χ3n) is 5.80. The molecular formula is C25H24N2O4S. The van der Waals surface area contributed by atoms with Gasteiger partial charge >= 0.3 is 0 Å². The van der Waals surface area contributed by atoms with Gasteiger partial charge in [0.15, 0.2) is 11.6 Å². The van der Waals surface area contributed by atoms with Gasteiger partial charge in [-0.1, -0.05) is 30.3 Å². The Bertz CT molecular complexity index is 1330. The van der Waals surface area contributed by atoms with Crippen LogP contribution in [0, 0.1) is 13.8 Å². The normalized spacial score (nSPS) is 15.6. The molecule has 3 aromatic carbocycles. The topological polar surface area (TPSA) is 92.3 Å². The number of hydrogen-bond donors (Lipinski definition) is 2. The van der Waals surface area contributed by atoms with E-state index in [1.165, 1.54) is 19.1 Å². The highest BCUT2D eigenvalue weighted by atomic mass is 32.2. The molecule has 164 valence electrons. The first-order valence-electron chi connectivity index (χ1n) is 10.3. The third kappa shape index (κ3) is 4.29. The lowest BCUT2D eigenvalue weighted by Crippen LogP contribution is -2.23. The van der Waals surface area contributed by atoms with Gasteiger partial charge in [0.1, 0.15) is 0 Å². The largest absolute Gasteiger partial charge is 0.377 e. The van der Waals surface area contributed by atoms with Crippen LogP contribution in [0.2, 0.25) is 0 Å². The molecule has 7 heteroatoms. The van der Waals surface area contributed by atoms with E-state index in [9.17, 15) is 18.0 Å². The number of nitrogens with one attached hydrogen (secondary N) is 2. The molecule has 0 bridgehead atoms. The maximum absolute atomic E-state index is 12.9. The molecule has 0 fully saturated rings. The molecule has 1 atom stereocenters. The van der Waals surface area contributed by atoms with E-state index in [0.717, 1.165) is 16.7 Å². The van der Waals surface area contributed by atoms with Crippen molar-refractivity contribution in [2.45, 2.75) is 38.1 Å². The Labute approximate surface area is 187 Å². The highest BCUT2D eigenvalue weighted by molar-refractivity contribution is 7.92. The highest BCUT2D eigenvalue weighted by Crippen LogP contribution is 2.34. The zero-order valence-electron chi connectivity index (χ0n) is 18.1. The van der Waals surface area contributed by atoms with Gasteiger partial charge in [0.05, 0.1) is 10.9 Å². The van der Waals surface area contributed by atoms with Crippen molar-refractivity contribution in [3.05, 3.63) is 88.5 Å². The van der Waals surface area contributed by atoms with Crippen LogP contribution in [0.25, 0.3) is 0 Å². The Morgan fingerprint density at radius 3 is 2.34 bits per heavy atom. The zero-order valence-corrected chi connectivity index (χ0v) is 18.9. The number of fused-ring (bicyclic) bond motifs is 1. The maximum Gasteiger partial charge on any atom is 0.261 e. The van der Waals surface area contributed by atoms with Crippen molar-refractivity contribution < 1.29 is 18.0 Å². The first kappa shape index (κ1) is 21.8. The third-order valence-corrected chi connectivity index (χ3v) is 7.18. The first-order chi connectivity index (χ1) is 15.1. The number of carbonyl (C=O) groups excluding carboxylic acids is 2. The fourth-order valence-corrected chi connectivity index (χ4v) is 4.83. The van der Waals surface area contributed by atoms with Gasteiger partial charge in [-0.05, 0) is 67.8 Å². The Morgan fingerprint density at radius 2 is 1.69 bits per heavy atom. The van der Waals surface area contributed by atoms with Crippen LogP contribution < -0.4 is 10.0 Å². The predicted octanol–water partition coefficient (Wildman–Crippen LogP) is 5.05. The van der Waals surface area contributed by atoms with Gasteiger partial charge in [-0.3, -0.25) is 14.3 Å². The second kappa shape index (κ2) is 8.24. The molecule has 0 saturated heterocycles. The number of sulfonamides is 1. The van der Waals surface area contributed by atoms with Gasteiger partial charge < -0.3 is 5.32 Å². The van der Waals surface area contributed by atoms with Gasteiger partial charge in [-0.2, -0.15) is 0 Å². The summed E-state index contributed by atoms with van der Waals surface area (Å²) in [5, 5.41) is 3.31. The summed E-state index contributed by atoms with van der Waals surface area (Å²) < 4.78 is 28.4. The van der Waals surface area contributed by atoms with E-state index < -0.39 is 10.0 Å². The van der Waals surface area contributed by atoms with Crippen LogP contribution in [0.15, 0.2) is 65.6 Å².